The summed E-state index contributed by atoms with van der Waals surface area (Å²) < 4.78 is 0. The molecular formula is C16H17Cl3OTi. The Morgan fingerprint density at radius 2 is 1.52 bits per heavy atom. The molecule has 0 unspecified atom stereocenters. The number of halogens is 3. The van der Waals surface area contributed by atoms with E-state index in [4.69, 9.17) is 30.2 Å². The summed E-state index contributed by atoms with van der Waals surface area (Å²) in [5, 5.41) is 10.8. The molecule has 1 nitrogen and oxygen atoms in total. The van der Waals surface area contributed by atoms with Crippen molar-refractivity contribution in [3.05, 3.63) is 53.1 Å². The molecule has 0 bridgehead atoms. The third-order valence-corrected chi connectivity index (χ3v) is 3.17. The molecule has 0 radical (unpaired) electrons. The van der Waals surface area contributed by atoms with Crippen LogP contribution in [-0.4, -0.2) is 5.11 Å². The second-order valence-electron chi connectivity index (χ2n) is 5.53. The molecule has 112 valence electrons. The molecule has 0 atom stereocenters. The Morgan fingerprint density at radius 1 is 1.00 bits per heavy atom. The van der Waals surface area contributed by atoms with E-state index in [2.05, 4.69) is 20.8 Å². The molecule has 0 saturated carbocycles. The number of aromatic hydroxyl groups is 1. The maximum atomic E-state index is 10.2. The topological polar surface area (TPSA) is 20.2 Å². The summed E-state index contributed by atoms with van der Waals surface area (Å²) >= 11 is 5.50. The van der Waals surface area contributed by atoms with Gasteiger partial charge >= 0.3 is 35.6 Å². The van der Waals surface area contributed by atoms with Crippen molar-refractivity contribution < 1.29 is 22.1 Å². The molecular weight excluding hydrogens is 362 g/mol. The molecule has 2 aromatic rings. The van der Waals surface area contributed by atoms with Gasteiger partial charge in [-0.1, -0.05) is 62.7 Å². The van der Waals surface area contributed by atoms with Crippen LogP contribution in [0, 0.1) is 0 Å². The van der Waals surface area contributed by atoms with E-state index in [0.717, 1.165) is 16.7 Å². The molecule has 0 spiro atoms. The zero-order valence-corrected chi connectivity index (χ0v) is 16.0. The van der Waals surface area contributed by atoms with E-state index in [1.54, 1.807) is 6.07 Å². The van der Waals surface area contributed by atoms with Gasteiger partial charge in [-0.25, -0.2) is 0 Å². The third-order valence-electron chi connectivity index (χ3n) is 2.95. The van der Waals surface area contributed by atoms with E-state index >= 15 is 0 Å². The minimum absolute atomic E-state index is 0.0758. The van der Waals surface area contributed by atoms with Crippen LogP contribution in [0.3, 0.4) is 0 Å². The monoisotopic (exact) mass is 378 g/mol. The number of phenols is 1. The summed E-state index contributed by atoms with van der Waals surface area (Å²) in [7, 11) is 9.78. The molecule has 0 amide bonds. The van der Waals surface area contributed by atoms with Crippen LogP contribution in [0.2, 0.25) is 5.02 Å². The van der Waals surface area contributed by atoms with Crippen molar-refractivity contribution >= 4 is 30.2 Å². The quantitative estimate of drug-likeness (QED) is 0.570. The van der Waals surface area contributed by atoms with Gasteiger partial charge in [0.25, 0.3) is 0 Å². The van der Waals surface area contributed by atoms with Gasteiger partial charge in [-0.3, -0.25) is 0 Å². The van der Waals surface area contributed by atoms with Crippen molar-refractivity contribution in [2.24, 2.45) is 0 Å². The van der Waals surface area contributed by atoms with Crippen LogP contribution in [-0.2, 0) is 22.4 Å². The summed E-state index contributed by atoms with van der Waals surface area (Å²) in [5.74, 6) is 0.235. The fraction of sp³-hybridized carbons (Fsp3) is 0.250. The molecule has 0 aromatic heterocycles. The van der Waals surface area contributed by atoms with Gasteiger partial charge in [0.05, 0.1) is 0 Å². The van der Waals surface area contributed by atoms with Crippen molar-refractivity contribution in [1.29, 1.82) is 0 Å². The van der Waals surface area contributed by atoms with Gasteiger partial charge in [-0.15, -0.1) is 0 Å². The molecule has 2 rings (SSSR count). The van der Waals surface area contributed by atoms with Crippen molar-refractivity contribution in [3.8, 4) is 16.9 Å². The van der Waals surface area contributed by atoms with Gasteiger partial charge in [-0.05, 0) is 28.7 Å². The average Bonchev–Trinajstić information content (AvgIpc) is 2.38. The SMILES string of the molecule is CC(C)(C)c1cc(Cl)cc(O)c1-c1ccccc1.[Cl][Ti][Cl]. The molecule has 0 saturated heterocycles. The fourth-order valence-corrected chi connectivity index (χ4v) is 2.30. The minimum atomic E-state index is -0.556. The van der Waals surface area contributed by atoms with Crippen LogP contribution < -0.4 is 0 Å². The van der Waals surface area contributed by atoms with E-state index in [9.17, 15) is 5.11 Å². The Hall–Kier alpha value is -0.176. The number of phenolic OH excluding ortho intramolecular Hbond substituents is 1. The van der Waals surface area contributed by atoms with Crippen molar-refractivity contribution in [1.82, 2.24) is 0 Å². The summed E-state index contributed by atoms with van der Waals surface area (Å²) in [6.45, 7) is 6.35. The number of rotatable bonds is 1. The van der Waals surface area contributed by atoms with E-state index in [-0.39, 0.29) is 11.2 Å². The summed E-state index contributed by atoms with van der Waals surface area (Å²) in [4.78, 5) is 0. The zero-order valence-electron chi connectivity index (χ0n) is 12.1. The summed E-state index contributed by atoms with van der Waals surface area (Å²) in [6, 6.07) is 13.4. The molecule has 2 aromatic carbocycles. The molecule has 0 aliphatic heterocycles. The van der Waals surface area contributed by atoms with Crippen molar-refractivity contribution in [2.45, 2.75) is 26.2 Å². The second-order valence-corrected chi connectivity index (χ2v) is 8.55. The zero-order chi connectivity index (χ0) is 16.0. The van der Waals surface area contributed by atoms with Crippen LogP contribution in [0.5, 0.6) is 5.75 Å². The van der Waals surface area contributed by atoms with Crippen LogP contribution in [0.15, 0.2) is 42.5 Å². The van der Waals surface area contributed by atoms with Crippen LogP contribution in [0.1, 0.15) is 26.3 Å². The van der Waals surface area contributed by atoms with Crippen LogP contribution in [0.25, 0.3) is 11.1 Å². The molecule has 0 aliphatic rings. The first kappa shape index (κ1) is 18.9. The Labute approximate surface area is 147 Å². The Bertz CT molecular complexity index is 580. The summed E-state index contributed by atoms with van der Waals surface area (Å²) in [5.41, 5.74) is 2.86. The Balaban J connectivity index is 0.000000677. The van der Waals surface area contributed by atoms with E-state index in [0.29, 0.717) is 5.02 Å². The second kappa shape index (κ2) is 8.46. The van der Waals surface area contributed by atoms with Crippen LogP contribution >= 0.6 is 30.2 Å². The van der Waals surface area contributed by atoms with Crippen LogP contribution in [0.4, 0.5) is 0 Å². The molecule has 1 N–H and O–H groups in total. The van der Waals surface area contributed by atoms with Gasteiger partial charge in [0.2, 0.25) is 0 Å². The van der Waals surface area contributed by atoms with Gasteiger partial charge in [0.1, 0.15) is 5.75 Å². The van der Waals surface area contributed by atoms with Crippen molar-refractivity contribution in [3.63, 3.8) is 0 Å². The molecule has 0 aliphatic carbocycles. The molecule has 0 heterocycles. The summed E-state index contributed by atoms with van der Waals surface area (Å²) in [6.07, 6.45) is 0. The van der Waals surface area contributed by atoms with Gasteiger partial charge in [0.15, 0.2) is 0 Å². The molecule has 21 heavy (non-hydrogen) atoms. The number of hydrogen-bond acceptors (Lipinski definition) is 1. The molecule has 0 fully saturated rings. The molecule has 5 heteroatoms. The normalized spacial score (nSPS) is 10.6. The predicted octanol–water partition coefficient (Wildman–Crippen LogP) is 6.39. The van der Waals surface area contributed by atoms with Crippen molar-refractivity contribution in [2.75, 3.05) is 0 Å². The van der Waals surface area contributed by atoms with E-state index < -0.39 is 17.0 Å². The van der Waals surface area contributed by atoms with Gasteiger partial charge in [0, 0.05) is 10.6 Å². The van der Waals surface area contributed by atoms with Gasteiger partial charge < -0.3 is 5.11 Å². The fourth-order valence-electron chi connectivity index (χ4n) is 2.09. The first-order valence-electron chi connectivity index (χ1n) is 6.36. The maximum absolute atomic E-state index is 10.2. The standard InChI is InChI=1S/C16H17ClO.2ClH.Ti/c1-16(2,3)13-9-12(17)10-14(18)15(13)11-7-5-4-6-8-11;;;/h4-10,18H,1-3H3;2*1H;/q;;;+2/p-2. The predicted molar refractivity (Wildman–Crippen MR) is 89.0 cm³/mol. The Kier molecular flexibility index (Phi) is 7.60. The third kappa shape index (κ3) is 5.51. The van der Waals surface area contributed by atoms with E-state index in [1.807, 2.05) is 36.4 Å². The first-order valence-corrected chi connectivity index (χ1v) is 11.0. The number of hydrogen-bond donors (Lipinski definition) is 1. The van der Waals surface area contributed by atoms with Gasteiger partial charge in [-0.2, -0.15) is 0 Å². The average molecular weight is 380 g/mol. The van der Waals surface area contributed by atoms with E-state index in [1.165, 1.54) is 0 Å². The first-order chi connectivity index (χ1) is 9.81. The number of benzene rings is 2. The Morgan fingerprint density at radius 3 is 2.00 bits per heavy atom.